The molecule has 0 aromatic heterocycles. The minimum atomic E-state index is 0.547. The maximum Gasteiger partial charge on any atom is 0.0594 e. The van der Waals surface area contributed by atoms with Crippen LogP contribution in [0.4, 0.5) is 0 Å². The second-order valence-electron chi connectivity index (χ2n) is 5.13. The van der Waals surface area contributed by atoms with Gasteiger partial charge in [0.1, 0.15) is 0 Å². The first-order valence-corrected chi connectivity index (χ1v) is 7.01. The number of hydrogen-bond acceptors (Lipinski definition) is 3. The number of nitrogens with one attached hydrogen (secondary N) is 2. The zero-order chi connectivity index (χ0) is 11.1. The molecule has 2 N–H and O–H groups in total. The van der Waals surface area contributed by atoms with Gasteiger partial charge in [0.05, 0.1) is 12.7 Å². The SMILES string of the molecule is C1CCCC(OCCNC2CCNC2)CC1. The smallest absolute Gasteiger partial charge is 0.0594 e. The van der Waals surface area contributed by atoms with Gasteiger partial charge in [0.2, 0.25) is 0 Å². The summed E-state index contributed by atoms with van der Waals surface area (Å²) in [5, 5.41) is 6.92. The normalized spacial score (nSPS) is 28.1. The van der Waals surface area contributed by atoms with Gasteiger partial charge < -0.3 is 15.4 Å². The van der Waals surface area contributed by atoms with Gasteiger partial charge in [0.15, 0.2) is 0 Å². The van der Waals surface area contributed by atoms with E-state index in [1.54, 1.807) is 0 Å². The Labute approximate surface area is 99.3 Å². The van der Waals surface area contributed by atoms with E-state index in [1.807, 2.05) is 0 Å². The molecule has 2 rings (SSSR count). The van der Waals surface area contributed by atoms with Crippen LogP contribution < -0.4 is 10.6 Å². The lowest BCUT2D eigenvalue weighted by Crippen LogP contribution is -2.34. The quantitative estimate of drug-likeness (QED) is 0.553. The van der Waals surface area contributed by atoms with E-state index in [0.717, 1.165) is 19.7 Å². The Morgan fingerprint density at radius 2 is 1.88 bits per heavy atom. The van der Waals surface area contributed by atoms with Crippen molar-refractivity contribution in [2.45, 2.75) is 57.1 Å². The van der Waals surface area contributed by atoms with Crippen LogP contribution in [-0.4, -0.2) is 38.4 Å². The maximum atomic E-state index is 5.94. The molecule has 0 radical (unpaired) electrons. The second-order valence-corrected chi connectivity index (χ2v) is 5.13. The van der Waals surface area contributed by atoms with Gasteiger partial charge in [-0.1, -0.05) is 25.7 Å². The van der Waals surface area contributed by atoms with E-state index < -0.39 is 0 Å². The summed E-state index contributed by atoms with van der Waals surface area (Å²) < 4.78 is 5.94. The van der Waals surface area contributed by atoms with Gasteiger partial charge in [-0.05, 0) is 25.8 Å². The Morgan fingerprint density at radius 1 is 1.06 bits per heavy atom. The molecule has 16 heavy (non-hydrogen) atoms. The monoisotopic (exact) mass is 226 g/mol. The molecule has 0 aromatic rings. The molecule has 1 aliphatic carbocycles. The van der Waals surface area contributed by atoms with Crippen molar-refractivity contribution in [2.75, 3.05) is 26.2 Å². The standard InChI is InChI=1S/C13H26N2O/c1-2-4-6-13(5-3-1)16-10-9-15-12-7-8-14-11-12/h12-15H,1-11H2. The third-order valence-corrected chi connectivity index (χ3v) is 3.75. The fourth-order valence-electron chi connectivity index (χ4n) is 2.73. The first-order chi connectivity index (χ1) is 7.95. The zero-order valence-electron chi connectivity index (χ0n) is 10.3. The molecule has 2 fully saturated rings. The number of ether oxygens (including phenoxy) is 1. The molecule has 94 valence electrons. The zero-order valence-corrected chi connectivity index (χ0v) is 10.3. The van der Waals surface area contributed by atoms with Crippen molar-refractivity contribution in [1.82, 2.24) is 10.6 Å². The highest BCUT2D eigenvalue weighted by Crippen LogP contribution is 2.19. The summed E-state index contributed by atoms with van der Waals surface area (Å²) >= 11 is 0. The Morgan fingerprint density at radius 3 is 2.56 bits per heavy atom. The molecule has 0 bridgehead atoms. The van der Waals surface area contributed by atoms with E-state index in [4.69, 9.17) is 4.74 Å². The largest absolute Gasteiger partial charge is 0.377 e. The number of hydrogen-bond donors (Lipinski definition) is 2. The van der Waals surface area contributed by atoms with Gasteiger partial charge >= 0.3 is 0 Å². The lowest BCUT2D eigenvalue weighted by molar-refractivity contribution is 0.0443. The number of rotatable bonds is 5. The van der Waals surface area contributed by atoms with E-state index >= 15 is 0 Å². The third kappa shape index (κ3) is 4.40. The van der Waals surface area contributed by atoms with Gasteiger partial charge in [-0.15, -0.1) is 0 Å². The third-order valence-electron chi connectivity index (χ3n) is 3.75. The highest BCUT2D eigenvalue weighted by Gasteiger charge is 2.14. The van der Waals surface area contributed by atoms with Crippen molar-refractivity contribution < 1.29 is 4.74 Å². The Kier molecular flexibility index (Phi) is 5.59. The highest BCUT2D eigenvalue weighted by molar-refractivity contribution is 4.77. The molecule has 1 unspecified atom stereocenters. The van der Waals surface area contributed by atoms with E-state index in [-0.39, 0.29) is 0 Å². The fourth-order valence-corrected chi connectivity index (χ4v) is 2.73. The molecule has 1 saturated heterocycles. The van der Waals surface area contributed by atoms with Gasteiger partial charge in [-0.3, -0.25) is 0 Å². The lowest BCUT2D eigenvalue weighted by Gasteiger charge is -2.17. The summed E-state index contributed by atoms with van der Waals surface area (Å²) in [7, 11) is 0. The van der Waals surface area contributed by atoms with E-state index in [2.05, 4.69) is 10.6 Å². The first-order valence-electron chi connectivity index (χ1n) is 7.01. The van der Waals surface area contributed by atoms with Crippen molar-refractivity contribution in [3.05, 3.63) is 0 Å². The molecule has 1 saturated carbocycles. The molecular formula is C13H26N2O. The Hall–Kier alpha value is -0.120. The van der Waals surface area contributed by atoms with Crippen LogP contribution in [0.3, 0.4) is 0 Å². The molecule has 0 aromatic carbocycles. The average molecular weight is 226 g/mol. The lowest BCUT2D eigenvalue weighted by atomic mass is 10.1. The van der Waals surface area contributed by atoms with Crippen LogP contribution in [0, 0.1) is 0 Å². The summed E-state index contributed by atoms with van der Waals surface area (Å²) in [4.78, 5) is 0. The molecule has 0 spiro atoms. The predicted molar refractivity (Wildman–Crippen MR) is 66.7 cm³/mol. The van der Waals surface area contributed by atoms with Gasteiger partial charge in [-0.25, -0.2) is 0 Å². The van der Waals surface area contributed by atoms with Crippen molar-refractivity contribution in [2.24, 2.45) is 0 Å². The van der Waals surface area contributed by atoms with Crippen LogP contribution in [-0.2, 0) is 4.74 Å². The minimum Gasteiger partial charge on any atom is -0.377 e. The maximum absolute atomic E-state index is 5.94. The average Bonchev–Trinajstić information content (AvgIpc) is 2.68. The van der Waals surface area contributed by atoms with Gasteiger partial charge in [0, 0.05) is 19.1 Å². The summed E-state index contributed by atoms with van der Waals surface area (Å²) in [6.45, 7) is 4.20. The van der Waals surface area contributed by atoms with Crippen LogP contribution in [0.25, 0.3) is 0 Å². The summed E-state index contributed by atoms with van der Waals surface area (Å²) in [5.41, 5.74) is 0. The first kappa shape index (κ1) is 12.3. The van der Waals surface area contributed by atoms with Gasteiger partial charge in [-0.2, -0.15) is 0 Å². The van der Waals surface area contributed by atoms with Crippen molar-refractivity contribution in [1.29, 1.82) is 0 Å². The molecule has 3 heteroatoms. The van der Waals surface area contributed by atoms with Crippen LogP contribution in [0.15, 0.2) is 0 Å². The molecule has 2 aliphatic rings. The minimum absolute atomic E-state index is 0.547. The van der Waals surface area contributed by atoms with Gasteiger partial charge in [0.25, 0.3) is 0 Å². The molecule has 3 nitrogen and oxygen atoms in total. The predicted octanol–water partition coefficient (Wildman–Crippen LogP) is 1.68. The molecule has 0 amide bonds. The van der Waals surface area contributed by atoms with E-state index in [9.17, 15) is 0 Å². The van der Waals surface area contributed by atoms with Crippen molar-refractivity contribution >= 4 is 0 Å². The summed E-state index contributed by atoms with van der Waals surface area (Å²) in [6.07, 6.45) is 9.93. The topological polar surface area (TPSA) is 33.3 Å². The highest BCUT2D eigenvalue weighted by atomic mass is 16.5. The molecule has 1 heterocycles. The van der Waals surface area contributed by atoms with Crippen LogP contribution >= 0.6 is 0 Å². The van der Waals surface area contributed by atoms with E-state index in [1.165, 1.54) is 51.5 Å². The van der Waals surface area contributed by atoms with E-state index in [0.29, 0.717) is 12.1 Å². The molecule has 1 atom stereocenters. The Bertz CT molecular complexity index is 173. The Balaban J connectivity index is 1.49. The summed E-state index contributed by atoms with van der Waals surface area (Å²) in [6, 6.07) is 0.678. The van der Waals surface area contributed by atoms with Crippen molar-refractivity contribution in [3.63, 3.8) is 0 Å². The van der Waals surface area contributed by atoms with Crippen LogP contribution in [0.2, 0.25) is 0 Å². The molecule has 1 aliphatic heterocycles. The fraction of sp³-hybridized carbons (Fsp3) is 1.00. The van der Waals surface area contributed by atoms with Crippen LogP contribution in [0.5, 0.6) is 0 Å². The van der Waals surface area contributed by atoms with Crippen LogP contribution in [0.1, 0.15) is 44.9 Å². The molecular weight excluding hydrogens is 200 g/mol. The van der Waals surface area contributed by atoms with Crippen molar-refractivity contribution in [3.8, 4) is 0 Å². The summed E-state index contributed by atoms with van der Waals surface area (Å²) in [5.74, 6) is 0. The second kappa shape index (κ2) is 7.25.